The summed E-state index contributed by atoms with van der Waals surface area (Å²) in [6.07, 6.45) is 3.07. The van der Waals surface area contributed by atoms with E-state index in [1.807, 2.05) is 0 Å². The van der Waals surface area contributed by atoms with Gasteiger partial charge in [-0.05, 0) is 49.4 Å². The number of benzene rings is 2. The number of aromatic nitrogens is 3. The van der Waals surface area contributed by atoms with Crippen LogP contribution in [-0.2, 0) is 0 Å². The Balaban J connectivity index is 1.84. The fraction of sp³-hybridized carbons (Fsp3) is 0.0588. The number of carbonyl (C=O) groups excluding carboxylic acids is 2. The van der Waals surface area contributed by atoms with E-state index in [1.54, 1.807) is 47.0 Å². The Kier molecular flexibility index (Phi) is 4.39. The summed E-state index contributed by atoms with van der Waals surface area (Å²) in [5.74, 6) is -0.372. The van der Waals surface area contributed by atoms with E-state index >= 15 is 0 Å². The highest BCUT2D eigenvalue weighted by Crippen LogP contribution is 2.21. The first kappa shape index (κ1) is 15.9. The lowest BCUT2D eigenvalue weighted by atomic mass is 10.1. The van der Waals surface area contributed by atoms with Gasteiger partial charge in [-0.15, -0.1) is 10.2 Å². The van der Waals surface area contributed by atoms with Crippen LogP contribution < -0.4 is 5.32 Å². The van der Waals surface area contributed by atoms with Gasteiger partial charge in [-0.2, -0.15) is 0 Å². The third kappa shape index (κ3) is 3.33. The molecule has 24 heavy (non-hydrogen) atoms. The molecule has 0 radical (unpaired) electrons. The van der Waals surface area contributed by atoms with Gasteiger partial charge < -0.3 is 5.32 Å². The number of ketones is 1. The van der Waals surface area contributed by atoms with Crippen LogP contribution in [0.25, 0.3) is 5.69 Å². The van der Waals surface area contributed by atoms with Crippen molar-refractivity contribution in [1.82, 2.24) is 14.8 Å². The van der Waals surface area contributed by atoms with Gasteiger partial charge in [0, 0.05) is 16.9 Å². The van der Waals surface area contributed by atoms with Gasteiger partial charge in [0.05, 0.1) is 10.6 Å². The number of anilines is 1. The van der Waals surface area contributed by atoms with Gasteiger partial charge in [-0.25, -0.2) is 0 Å². The quantitative estimate of drug-likeness (QED) is 0.739. The number of nitrogens with one attached hydrogen (secondary N) is 1. The first-order chi connectivity index (χ1) is 11.5. The molecule has 0 fully saturated rings. The smallest absolute Gasteiger partial charge is 0.257 e. The Morgan fingerprint density at radius 2 is 1.71 bits per heavy atom. The predicted molar refractivity (Wildman–Crippen MR) is 90.8 cm³/mol. The Bertz CT molecular complexity index is 889. The molecule has 0 unspecified atom stereocenters. The van der Waals surface area contributed by atoms with E-state index in [9.17, 15) is 9.59 Å². The van der Waals surface area contributed by atoms with Crippen molar-refractivity contribution in [3.8, 4) is 5.69 Å². The second-order valence-electron chi connectivity index (χ2n) is 5.12. The van der Waals surface area contributed by atoms with Crippen molar-refractivity contribution in [2.24, 2.45) is 0 Å². The van der Waals surface area contributed by atoms with Gasteiger partial charge in [0.2, 0.25) is 0 Å². The van der Waals surface area contributed by atoms with Crippen LogP contribution in [0.5, 0.6) is 0 Å². The summed E-state index contributed by atoms with van der Waals surface area (Å²) in [5, 5.41) is 10.6. The van der Waals surface area contributed by atoms with Gasteiger partial charge in [0.15, 0.2) is 5.78 Å². The third-order valence-electron chi connectivity index (χ3n) is 3.46. The number of nitrogens with zero attached hydrogens (tertiary/aromatic N) is 3. The Morgan fingerprint density at radius 3 is 2.33 bits per heavy atom. The van der Waals surface area contributed by atoms with Gasteiger partial charge in [-0.3, -0.25) is 14.2 Å². The first-order valence-electron chi connectivity index (χ1n) is 7.11. The van der Waals surface area contributed by atoms with E-state index in [4.69, 9.17) is 11.6 Å². The van der Waals surface area contributed by atoms with E-state index < -0.39 is 0 Å². The average Bonchev–Trinajstić information content (AvgIpc) is 3.10. The second kappa shape index (κ2) is 6.64. The van der Waals surface area contributed by atoms with Crippen LogP contribution in [0.3, 0.4) is 0 Å². The molecule has 1 N–H and O–H groups in total. The zero-order valence-corrected chi connectivity index (χ0v) is 13.5. The summed E-state index contributed by atoms with van der Waals surface area (Å²) in [7, 11) is 0. The summed E-state index contributed by atoms with van der Waals surface area (Å²) >= 11 is 6.14. The first-order valence-corrected chi connectivity index (χ1v) is 7.49. The molecule has 120 valence electrons. The van der Waals surface area contributed by atoms with Crippen molar-refractivity contribution in [1.29, 1.82) is 0 Å². The molecule has 0 aliphatic carbocycles. The minimum absolute atomic E-state index is 0.0300. The standard InChI is InChI=1S/C17H13ClN4O2/c1-11(23)12-2-4-13(5-3-12)21-17(24)15-8-14(6-7-16(15)18)22-9-19-20-10-22/h2-10H,1H3,(H,21,24). The minimum atomic E-state index is -0.342. The molecular weight excluding hydrogens is 328 g/mol. The van der Waals surface area contributed by atoms with E-state index in [0.29, 0.717) is 21.8 Å². The fourth-order valence-electron chi connectivity index (χ4n) is 2.17. The molecule has 0 atom stereocenters. The number of rotatable bonds is 4. The summed E-state index contributed by atoms with van der Waals surface area (Å²) in [4.78, 5) is 23.8. The lowest BCUT2D eigenvalue weighted by molar-refractivity contribution is 0.101. The maximum atomic E-state index is 12.5. The molecule has 2 aromatic carbocycles. The highest BCUT2D eigenvalue weighted by molar-refractivity contribution is 6.34. The molecule has 1 aromatic heterocycles. The molecule has 0 aliphatic heterocycles. The zero-order chi connectivity index (χ0) is 17.1. The molecule has 3 aromatic rings. The molecule has 6 nitrogen and oxygen atoms in total. The van der Waals surface area contributed by atoms with Crippen LogP contribution in [-0.4, -0.2) is 26.5 Å². The van der Waals surface area contributed by atoms with Crippen molar-refractivity contribution in [2.45, 2.75) is 6.92 Å². The van der Waals surface area contributed by atoms with Crippen LogP contribution in [0, 0.1) is 0 Å². The van der Waals surface area contributed by atoms with Gasteiger partial charge in [0.1, 0.15) is 12.7 Å². The van der Waals surface area contributed by atoms with E-state index in [2.05, 4.69) is 15.5 Å². The van der Waals surface area contributed by atoms with Crippen molar-refractivity contribution in [3.63, 3.8) is 0 Å². The number of Topliss-reactive ketones (excluding diaryl/α,β-unsaturated/α-hetero) is 1. The van der Waals surface area contributed by atoms with E-state index in [-0.39, 0.29) is 11.7 Å². The maximum absolute atomic E-state index is 12.5. The molecule has 0 saturated carbocycles. The molecule has 1 amide bonds. The van der Waals surface area contributed by atoms with Gasteiger partial charge >= 0.3 is 0 Å². The molecule has 1 heterocycles. The minimum Gasteiger partial charge on any atom is -0.322 e. The highest BCUT2D eigenvalue weighted by atomic mass is 35.5. The monoisotopic (exact) mass is 340 g/mol. The van der Waals surface area contributed by atoms with Crippen molar-refractivity contribution >= 4 is 29.0 Å². The Hall–Kier alpha value is -2.99. The maximum Gasteiger partial charge on any atom is 0.257 e. The summed E-state index contributed by atoms with van der Waals surface area (Å²) < 4.78 is 1.68. The largest absolute Gasteiger partial charge is 0.322 e. The van der Waals surface area contributed by atoms with Crippen molar-refractivity contribution in [2.75, 3.05) is 5.32 Å². The molecule has 0 saturated heterocycles. The Morgan fingerprint density at radius 1 is 1.04 bits per heavy atom. The van der Waals surface area contributed by atoms with Crippen LogP contribution in [0.1, 0.15) is 27.6 Å². The van der Waals surface area contributed by atoms with Crippen LogP contribution >= 0.6 is 11.6 Å². The van der Waals surface area contributed by atoms with E-state index in [1.165, 1.54) is 19.6 Å². The lowest BCUT2D eigenvalue weighted by Crippen LogP contribution is -2.13. The molecule has 3 rings (SSSR count). The number of amides is 1. The van der Waals surface area contributed by atoms with Gasteiger partial charge in [-0.1, -0.05) is 11.6 Å². The van der Waals surface area contributed by atoms with Gasteiger partial charge in [0.25, 0.3) is 5.91 Å². The normalized spacial score (nSPS) is 10.4. The molecule has 0 spiro atoms. The van der Waals surface area contributed by atoms with Crippen molar-refractivity contribution in [3.05, 3.63) is 71.3 Å². The number of hydrogen-bond donors (Lipinski definition) is 1. The predicted octanol–water partition coefficient (Wildman–Crippen LogP) is 3.38. The molecule has 0 bridgehead atoms. The summed E-state index contributed by atoms with van der Waals surface area (Å²) in [5.41, 5.74) is 2.22. The lowest BCUT2D eigenvalue weighted by Gasteiger charge is -2.09. The van der Waals surface area contributed by atoms with Crippen molar-refractivity contribution < 1.29 is 9.59 Å². The summed E-state index contributed by atoms with van der Waals surface area (Å²) in [6, 6.07) is 11.7. The zero-order valence-electron chi connectivity index (χ0n) is 12.7. The molecule has 0 aliphatic rings. The number of hydrogen-bond acceptors (Lipinski definition) is 4. The van der Waals surface area contributed by atoms with Crippen LogP contribution in [0.15, 0.2) is 55.1 Å². The van der Waals surface area contributed by atoms with E-state index in [0.717, 1.165) is 5.69 Å². The molecular formula is C17H13ClN4O2. The highest BCUT2D eigenvalue weighted by Gasteiger charge is 2.12. The number of carbonyl (C=O) groups is 2. The third-order valence-corrected chi connectivity index (χ3v) is 3.79. The number of halogens is 1. The van der Waals surface area contributed by atoms with Crippen LogP contribution in [0.2, 0.25) is 5.02 Å². The SMILES string of the molecule is CC(=O)c1ccc(NC(=O)c2cc(-n3cnnc3)ccc2Cl)cc1. The summed E-state index contributed by atoms with van der Waals surface area (Å²) in [6.45, 7) is 1.49. The van der Waals surface area contributed by atoms with Crippen LogP contribution in [0.4, 0.5) is 5.69 Å². The topological polar surface area (TPSA) is 76.9 Å². The molecule has 7 heteroatoms. The average molecular weight is 341 g/mol. The second-order valence-corrected chi connectivity index (χ2v) is 5.53. The fourth-order valence-corrected chi connectivity index (χ4v) is 2.37. The Labute approximate surface area is 143 Å².